The molecule has 1 fully saturated rings. The first-order valence-corrected chi connectivity index (χ1v) is 7.35. The number of rotatable bonds is 4. The zero-order chi connectivity index (χ0) is 13.0. The van der Waals surface area contributed by atoms with Gasteiger partial charge in [0, 0.05) is 11.3 Å². The third-order valence-corrected chi connectivity index (χ3v) is 4.54. The van der Waals surface area contributed by atoms with Gasteiger partial charge in [-0.25, -0.2) is 0 Å². The standard InChI is InChI=1S/C13H20N2O2S/c1-13(17,11-6-4-8-18-11)9-15-12(16)10-5-2-3-7-14-10/h4,6,8,10,14,17H,2-3,5,7,9H2,1H3,(H,15,16)/p+1/t10?,13-/m1/s1. The zero-order valence-electron chi connectivity index (χ0n) is 10.7. The topological polar surface area (TPSA) is 65.9 Å². The molecular formula is C13H21N2O2S+. The predicted octanol–water partition coefficient (Wildman–Crippen LogP) is 0.188. The maximum atomic E-state index is 12.0. The van der Waals surface area contributed by atoms with Crippen LogP contribution in [0.3, 0.4) is 0 Å². The Balaban J connectivity index is 1.85. The van der Waals surface area contributed by atoms with Gasteiger partial charge in [0.25, 0.3) is 5.91 Å². The van der Waals surface area contributed by atoms with Gasteiger partial charge in [-0.3, -0.25) is 4.79 Å². The number of hydrogen-bond acceptors (Lipinski definition) is 3. The molecule has 1 aromatic heterocycles. The summed E-state index contributed by atoms with van der Waals surface area (Å²) in [5.74, 6) is 0.0477. The van der Waals surface area contributed by atoms with Crippen LogP contribution in [0.4, 0.5) is 0 Å². The van der Waals surface area contributed by atoms with E-state index < -0.39 is 5.60 Å². The molecule has 2 rings (SSSR count). The summed E-state index contributed by atoms with van der Waals surface area (Å²) in [6.07, 6.45) is 3.25. The Morgan fingerprint density at radius 1 is 1.67 bits per heavy atom. The van der Waals surface area contributed by atoms with Gasteiger partial charge in [-0.05, 0) is 31.2 Å². The molecule has 0 aromatic carbocycles. The van der Waals surface area contributed by atoms with Crippen LogP contribution < -0.4 is 10.6 Å². The Morgan fingerprint density at radius 2 is 2.50 bits per heavy atom. The summed E-state index contributed by atoms with van der Waals surface area (Å²) in [4.78, 5) is 12.8. The second kappa shape index (κ2) is 5.82. The molecule has 2 heterocycles. The SMILES string of the molecule is C[C@@](O)(CNC(=O)C1CCCC[NH2+]1)c1cccs1. The highest BCUT2D eigenvalue weighted by atomic mass is 32.1. The maximum Gasteiger partial charge on any atom is 0.278 e. The van der Waals surface area contributed by atoms with Crippen LogP contribution in [-0.2, 0) is 10.4 Å². The lowest BCUT2D eigenvalue weighted by molar-refractivity contribution is -0.684. The van der Waals surface area contributed by atoms with Crippen molar-refractivity contribution in [2.45, 2.75) is 37.8 Å². The lowest BCUT2D eigenvalue weighted by Gasteiger charge is -2.24. The largest absolute Gasteiger partial charge is 0.383 e. The van der Waals surface area contributed by atoms with Crippen molar-refractivity contribution in [3.63, 3.8) is 0 Å². The van der Waals surface area contributed by atoms with E-state index in [1.807, 2.05) is 17.5 Å². The Morgan fingerprint density at radius 3 is 3.11 bits per heavy atom. The molecular weight excluding hydrogens is 248 g/mol. The van der Waals surface area contributed by atoms with E-state index in [2.05, 4.69) is 10.6 Å². The Kier molecular flexibility index (Phi) is 4.37. The Hall–Kier alpha value is -0.910. The number of nitrogens with one attached hydrogen (secondary N) is 1. The van der Waals surface area contributed by atoms with E-state index in [1.54, 1.807) is 6.92 Å². The number of carbonyl (C=O) groups is 1. The van der Waals surface area contributed by atoms with Crippen molar-refractivity contribution in [2.75, 3.05) is 13.1 Å². The van der Waals surface area contributed by atoms with Crippen molar-refractivity contribution in [2.24, 2.45) is 0 Å². The fourth-order valence-corrected chi connectivity index (χ4v) is 3.03. The van der Waals surface area contributed by atoms with Crippen molar-refractivity contribution in [1.82, 2.24) is 5.32 Å². The van der Waals surface area contributed by atoms with Gasteiger partial charge in [-0.1, -0.05) is 6.07 Å². The minimum atomic E-state index is -0.974. The minimum absolute atomic E-state index is 0.0258. The van der Waals surface area contributed by atoms with Gasteiger partial charge in [0.2, 0.25) is 0 Å². The summed E-state index contributed by atoms with van der Waals surface area (Å²) in [6, 6.07) is 3.83. The van der Waals surface area contributed by atoms with E-state index >= 15 is 0 Å². The molecule has 0 spiro atoms. The molecule has 4 nitrogen and oxygen atoms in total. The van der Waals surface area contributed by atoms with Crippen LogP contribution in [0.2, 0.25) is 0 Å². The number of quaternary nitrogens is 1. The van der Waals surface area contributed by atoms with Crippen LogP contribution in [0.1, 0.15) is 31.1 Å². The average molecular weight is 269 g/mol. The molecule has 1 aliphatic rings. The number of thiophene rings is 1. The molecule has 4 N–H and O–H groups in total. The normalized spacial score (nSPS) is 23.3. The van der Waals surface area contributed by atoms with E-state index in [0.29, 0.717) is 0 Å². The highest BCUT2D eigenvalue weighted by Gasteiger charge is 2.29. The fraction of sp³-hybridized carbons (Fsp3) is 0.615. The van der Waals surface area contributed by atoms with Gasteiger partial charge >= 0.3 is 0 Å². The van der Waals surface area contributed by atoms with Crippen LogP contribution in [0.15, 0.2) is 17.5 Å². The van der Waals surface area contributed by atoms with E-state index in [-0.39, 0.29) is 18.5 Å². The molecule has 0 radical (unpaired) electrons. The molecule has 100 valence electrons. The van der Waals surface area contributed by atoms with Crippen LogP contribution in [0.5, 0.6) is 0 Å². The van der Waals surface area contributed by atoms with Crippen LogP contribution in [-0.4, -0.2) is 30.1 Å². The molecule has 0 aliphatic carbocycles. The van der Waals surface area contributed by atoms with Gasteiger partial charge < -0.3 is 15.7 Å². The summed E-state index contributed by atoms with van der Waals surface area (Å²) < 4.78 is 0. The number of amides is 1. The summed E-state index contributed by atoms with van der Waals surface area (Å²) in [5, 5.41) is 17.2. The summed E-state index contributed by atoms with van der Waals surface area (Å²) >= 11 is 1.51. The number of nitrogens with two attached hydrogens (primary N) is 1. The number of carbonyl (C=O) groups excluding carboxylic acids is 1. The van der Waals surface area contributed by atoms with Gasteiger partial charge in [0.1, 0.15) is 5.60 Å². The number of piperidine rings is 1. The third-order valence-electron chi connectivity index (χ3n) is 3.42. The van der Waals surface area contributed by atoms with Crippen molar-refractivity contribution in [3.05, 3.63) is 22.4 Å². The second-order valence-corrected chi connectivity index (χ2v) is 6.04. The molecule has 0 saturated carbocycles. The van der Waals surface area contributed by atoms with E-state index in [1.165, 1.54) is 17.8 Å². The molecule has 1 aromatic rings. The van der Waals surface area contributed by atoms with Gasteiger partial charge in [0.05, 0.1) is 13.1 Å². The third kappa shape index (κ3) is 3.31. The highest BCUT2D eigenvalue weighted by Crippen LogP contribution is 2.24. The number of aliphatic hydroxyl groups is 1. The molecule has 1 aliphatic heterocycles. The summed E-state index contributed by atoms with van der Waals surface area (Å²) in [7, 11) is 0. The lowest BCUT2D eigenvalue weighted by atomic mass is 10.0. The van der Waals surface area contributed by atoms with Gasteiger partial charge in [-0.15, -0.1) is 11.3 Å². The molecule has 5 heteroatoms. The fourth-order valence-electron chi connectivity index (χ4n) is 2.25. The zero-order valence-corrected chi connectivity index (χ0v) is 11.5. The number of hydrogen-bond donors (Lipinski definition) is 3. The second-order valence-electron chi connectivity index (χ2n) is 5.10. The molecule has 1 amide bonds. The van der Waals surface area contributed by atoms with Gasteiger partial charge in [-0.2, -0.15) is 0 Å². The van der Waals surface area contributed by atoms with Crippen LogP contribution in [0.25, 0.3) is 0 Å². The van der Waals surface area contributed by atoms with Crippen molar-refractivity contribution in [3.8, 4) is 0 Å². The van der Waals surface area contributed by atoms with Gasteiger partial charge in [0.15, 0.2) is 6.04 Å². The van der Waals surface area contributed by atoms with Crippen LogP contribution in [0, 0.1) is 0 Å². The Bertz CT molecular complexity index is 384. The molecule has 18 heavy (non-hydrogen) atoms. The summed E-state index contributed by atoms with van der Waals surface area (Å²) in [5.41, 5.74) is -0.974. The highest BCUT2D eigenvalue weighted by molar-refractivity contribution is 7.10. The monoisotopic (exact) mass is 269 g/mol. The molecule has 1 unspecified atom stereocenters. The maximum absolute atomic E-state index is 12.0. The van der Waals surface area contributed by atoms with E-state index in [0.717, 1.165) is 24.3 Å². The average Bonchev–Trinajstić information content (AvgIpc) is 2.92. The predicted molar refractivity (Wildman–Crippen MR) is 71.3 cm³/mol. The summed E-state index contributed by atoms with van der Waals surface area (Å²) in [6.45, 7) is 3.04. The molecule has 2 atom stereocenters. The first-order chi connectivity index (χ1) is 8.59. The molecule has 1 saturated heterocycles. The first-order valence-electron chi connectivity index (χ1n) is 6.47. The van der Waals surface area contributed by atoms with Crippen molar-refractivity contribution >= 4 is 17.2 Å². The molecule has 0 bridgehead atoms. The van der Waals surface area contributed by atoms with Crippen molar-refractivity contribution in [1.29, 1.82) is 0 Å². The van der Waals surface area contributed by atoms with E-state index in [4.69, 9.17) is 0 Å². The Labute approximate surface area is 111 Å². The van der Waals surface area contributed by atoms with E-state index in [9.17, 15) is 9.90 Å². The smallest absolute Gasteiger partial charge is 0.278 e. The minimum Gasteiger partial charge on any atom is -0.383 e. The lowest BCUT2D eigenvalue weighted by Crippen LogP contribution is -2.94. The first kappa shape index (κ1) is 13.5. The quantitative estimate of drug-likeness (QED) is 0.730. The van der Waals surface area contributed by atoms with Crippen molar-refractivity contribution < 1.29 is 15.2 Å². The van der Waals surface area contributed by atoms with Crippen LogP contribution >= 0.6 is 11.3 Å².